The first kappa shape index (κ1) is 28.4. The molecular formula is C17H19ClN2O10. The van der Waals surface area contributed by atoms with Gasteiger partial charge in [0.2, 0.25) is 0 Å². The molecule has 0 unspecified atom stereocenters. The fourth-order valence-electron chi connectivity index (χ4n) is 1.50. The number of nitro groups is 2. The summed E-state index contributed by atoms with van der Waals surface area (Å²) >= 11 is 4.92. The van der Waals surface area contributed by atoms with Crippen molar-refractivity contribution in [2.75, 3.05) is 14.2 Å². The average Bonchev–Trinajstić information content (AvgIpc) is 2.70. The number of benzene rings is 2. The van der Waals surface area contributed by atoms with Crippen molar-refractivity contribution in [1.82, 2.24) is 0 Å². The minimum atomic E-state index is -0.978. The van der Waals surface area contributed by atoms with Crippen molar-refractivity contribution < 1.29 is 38.8 Å². The summed E-state index contributed by atoms with van der Waals surface area (Å²) in [6, 6.07) is 10.1. The Morgan fingerprint density at radius 2 is 1.17 bits per heavy atom. The van der Waals surface area contributed by atoms with Crippen LogP contribution in [0, 0.1) is 20.2 Å². The van der Waals surface area contributed by atoms with Gasteiger partial charge in [0.1, 0.15) is 11.5 Å². The van der Waals surface area contributed by atoms with Crippen molar-refractivity contribution in [2.24, 2.45) is 0 Å². The van der Waals surface area contributed by atoms with Gasteiger partial charge in [-0.3, -0.25) is 20.2 Å². The Morgan fingerprint density at radius 1 is 0.833 bits per heavy atom. The van der Waals surface area contributed by atoms with E-state index in [4.69, 9.17) is 16.7 Å². The van der Waals surface area contributed by atoms with Crippen molar-refractivity contribution >= 4 is 34.6 Å². The van der Waals surface area contributed by atoms with Crippen LogP contribution in [-0.4, -0.2) is 40.8 Å². The number of nitro benzene ring substituents is 2. The standard InChI is InChI=1S/C8H7NO5.C7H4ClNO4.CH4O.CH4/c1-13-8(10)14-7-4-2-6(3-5-7)9(11)12;8-7(10)13-6-3-1-5(2-4-6)9(11)12;1-2;/h2-5H,1H3;1-4H;2H,1H3;1H4. The summed E-state index contributed by atoms with van der Waals surface area (Å²) in [4.78, 5) is 40.2. The van der Waals surface area contributed by atoms with Crippen molar-refractivity contribution in [3.8, 4) is 11.5 Å². The molecule has 0 saturated heterocycles. The largest absolute Gasteiger partial charge is 0.513 e. The lowest BCUT2D eigenvalue weighted by molar-refractivity contribution is -0.385. The van der Waals surface area contributed by atoms with Crippen LogP contribution in [0.25, 0.3) is 0 Å². The first-order valence-electron chi connectivity index (χ1n) is 7.29. The molecule has 0 saturated carbocycles. The zero-order valence-electron chi connectivity index (χ0n) is 15.0. The van der Waals surface area contributed by atoms with Crippen LogP contribution in [0.4, 0.5) is 21.0 Å². The molecule has 0 radical (unpaired) electrons. The Bertz CT molecular complexity index is 825. The van der Waals surface area contributed by atoms with E-state index < -0.39 is 21.4 Å². The fraction of sp³-hybridized carbons (Fsp3) is 0.176. The minimum Gasteiger partial charge on any atom is -0.437 e. The molecule has 0 aliphatic heterocycles. The highest BCUT2D eigenvalue weighted by molar-refractivity contribution is 6.61. The van der Waals surface area contributed by atoms with Gasteiger partial charge in [-0.05, 0) is 24.3 Å². The number of halogens is 1. The van der Waals surface area contributed by atoms with Gasteiger partial charge in [-0.2, -0.15) is 0 Å². The van der Waals surface area contributed by atoms with Gasteiger partial charge in [-0.25, -0.2) is 9.59 Å². The Kier molecular flexibility index (Phi) is 14.4. The summed E-state index contributed by atoms with van der Waals surface area (Å²) in [7, 11) is 2.17. The monoisotopic (exact) mass is 446 g/mol. The van der Waals surface area contributed by atoms with Gasteiger partial charge >= 0.3 is 11.6 Å². The second-order valence-electron chi connectivity index (χ2n) is 4.40. The SMILES string of the molecule is C.CO.COC(=O)Oc1ccc([N+](=O)[O-])cc1.O=C(Cl)Oc1ccc([N+](=O)[O-])cc1. The van der Waals surface area contributed by atoms with E-state index in [1.165, 1.54) is 55.6 Å². The topological polar surface area (TPSA) is 168 Å². The third kappa shape index (κ3) is 11.2. The molecule has 1 N–H and O–H groups in total. The number of nitrogens with zero attached hydrogens (tertiary/aromatic N) is 2. The smallest absolute Gasteiger partial charge is 0.437 e. The second kappa shape index (κ2) is 15.2. The number of rotatable bonds is 4. The maximum atomic E-state index is 10.6. The predicted molar refractivity (Wildman–Crippen MR) is 106 cm³/mol. The predicted octanol–water partition coefficient (Wildman–Crippen LogP) is 4.32. The Hall–Kier alpha value is -3.77. The molecule has 0 spiro atoms. The van der Waals surface area contributed by atoms with Gasteiger partial charge in [0.15, 0.2) is 0 Å². The molecular weight excluding hydrogens is 428 g/mol. The highest BCUT2D eigenvalue weighted by Gasteiger charge is 2.07. The van der Waals surface area contributed by atoms with Crippen LogP contribution in [0.5, 0.6) is 11.5 Å². The van der Waals surface area contributed by atoms with Gasteiger partial charge in [0, 0.05) is 43.0 Å². The molecule has 2 rings (SSSR count). The molecule has 2 aromatic carbocycles. The minimum absolute atomic E-state index is 0. The van der Waals surface area contributed by atoms with Gasteiger partial charge in [0.05, 0.1) is 17.0 Å². The van der Waals surface area contributed by atoms with E-state index in [2.05, 4.69) is 14.2 Å². The maximum absolute atomic E-state index is 10.6. The fourth-order valence-corrected chi connectivity index (χ4v) is 1.59. The third-order valence-electron chi connectivity index (χ3n) is 2.66. The van der Waals surface area contributed by atoms with E-state index in [1.54, 1.807) is 0 Å². The molecule has 30 heavy (non-hydrogen) atoms. The van der Waals surface area contributed by atoms with Crippen LogP contribution >= 0.6 is 11.6 Å². The van der Waals surface area contributed by atoms with Gasteiger partial charge in [-0.15, -0.1) is 0 Å². The Balaban J connectivity index is 0. The zero-order chi connectivity index (χ0) is 22.4. The molecule has 0 amide bonds. The lowest BCUT2D eigenvalue weighted by Gasteiger charge is -2.00. The molecule has 13 heteroatoms. The lowest BCUT2D eigenvalue weighted by Crippen LogP contribution is -2.06. The van der Waals surface area contributed by atoms with Crippen LogP contribution < -0.4 is 9.47 Å². The summed E-state index contributed by atoms with van der Waals surface area (Å²) in [5.74, 6) is 0.369. The number of hydrogen-bond donors (Lipinski definition) is 1. The average molecular weight is 447 g/mol. The van der Waals surface area contributed by atoms with Crippen molar-refractivity contribution in [2.45, 2.75) is 7.43 Å². The molecule has 0 heterocycles. The number of aliphatic hydroxyl groups is 1. The first-order chi connectivity index (χ1) is 13.7. The Morgan fingerprint density at radius 3 is 1.43 bits per heavy atom. The molecule has 12 nitrogen and oxygen atoms in total. The quantitative estimate of drug-likeness (QED) is 0.234. The highest BCUT2D eigenvalue weighted by atomic mass is 35.5. The number of hydrogen-bond acceptors (Lipinski definition) is 10. The molecule has 0 aromatic heterocycles. The van der Waals surface area contributed by atoms with Crippen molar-refractivity contribution in [3.05, 3.63) is 68.8 Å². The Labute approximate surface area is 175 Å². The number of non-ortho nitro benzene ring substituents is 2. The number of carbonyl (C=O) groups excluding carboxylic acids is 2. The molecule has 0 bridgehead atoms. The van der Waals surface area contributed by atoms with E-state index in [9.17, 15) is 29.8 Å². The molecule has 0 atom stereocenters. The molecule has 164 valence electrons. The normalized spacial score (nSPS) is 8.53. The van der Waals surface area contributed by atoms with Crippen molar-refractivity contribution in [3.63, 3.8) is 0 Å². The van der Waals surface area contributed by atoms with Crippen LogP contribution in [0.3, 0.4) is 0 Å². The van der Waals surface area contributed by atoms with E-state index >= 15 is 0 Å². The van der Waals surface area contributed by atoms with E-state index in [1.807, 2.05) is 0 Å². The summed E-state index contributed by atoms with van der Waals surface area (Å²) in [6.07, 6.45) is -0.862. The van der Waals surface area contributed by atoms with E-state index in [-0.39, 0.29) is 30.3 Å². The number of aliphatic hydroxyl groups excluding tert-OH is 1. The van der Waals surface area contributed by atoms with Crippen molar-refractivity contribution in [1.29, 1.82) is 0 Å². The van der Waals surface area contributed by atoms with Gasteiger partial charge < -0.3 is 19.3 Å². The number of ether oxygens (including phenoxy) is 3. The molecule has 0 aliphatic rings. The molecule has 0 fully saturated rings. The zero-order valence-corrected chi connectivity index (χ0v) is 15.8. The summed E-state index contributed by atoms with van der Waals surface area (Å²) < 4.78 is 13.3. The molecule has 0 aliphatic carbocycles. The van der Waals surface area contributed by atoms with Crippen LogP contribution in [0.15, 0.2) is 48.5 Å². The molecule has 2 aromatic rings. The summed E-state index contributed by atoms with van der Waals surface area (Å²) in [5, 5.41) is 27.5. The first-order valence-corrected chi connectivity index (χ1v) is 7.67. The second-order valence-corrected chi connectivity index (χ2v) is 4.71. The van der Waals surface area contributed by atoms with Crippen LogP contribution in [-0.2, 0) is 4.74 Å². The highest BCUT2D eigenvalue weighted by Crippen LogP contribution is 2.18. The van der Waals surface area contributed by atoms with Crippen LogP contribution in [0.1, 0.15) is 7.43 Å². The maximum Gasteiger partial charge on any atom is 0.513 e. The van der Waals surface area contributed by atoms with Gasteiger partial charge in [0.25, 0.3) is 11.4 Å². The summed E-state index contributed by atoms with van der Waals surface area (Å²) in [5.41, 5.74) is -1.12. The van der Waals surface area contributed by atoms with Gasteiger partial charge in [-0.1, -0.05) is 7.43 Å². The van der Waals surface area contributed by atoms with E-state index in [0.717, 1.165) is 7.11 Å². The third-order valence-corrected chi connectivity index (χ3v) is 2.74. The lowest BCUT2D eigenvalue weighted by atomic mass is 10.3. The van der Waals surface area contributed by atoms with Crippen LogP contribution in [0.2, 0.25) is 0 Å². The number of carbonyl (C=O) groups is 2. The summed E-state index contributed by atoms with van der Waals surface area (Å²) in [6.45, 7) is 0. The van der Waals surface area contributed by atoms with E-state index in [0.29, 0.717) is 0 Å². The number of methoxy groups -OCH3 is 1.